The van der Waals surface area contributed by atoms with Gasteiger partial charge in [-0.2, -0.15) is 0 Å². The van der Waals surface area contributed by atoms with Crippen molar-refractivity contribution >= 4 is 23.4 Å². The first-order chi connectivity index (χ1) is 15.4. The van der Waals surface area contributed by atoms with E-state index in [1.165, 1.54) is 36.3 Å². The van der Waals surface area contributed by atoms with Gasteiger partial charge in [0.05, 0.1) is 19.3 Å². The molecule has 0 unspecified atom stereocenters. The predicted octanol–water partition coefficient (Wildman–Crippen LogP) is 3.17. The highest BCUT2D eigenvalue weighted by atomic mass is 19.1. The number of likely N-dealkylation sites (tertiary alicyclic amines) is 1. The van der Waals surface area contributed by atoms with E-state index in [4.69, 9.17) is 4.74 Å². The number of hydrogen-bond acceptors (Lipinski definition) is 4. The van der Waals surface area contributed by atoms with E-state index in [1.54, 1.807) is 23.1 Å². The van der Waals surface area contributed by atoms with Gasteiger partial charge >= 0.3 is 0 Å². The molecule has 1 saturated heterocycles. The molecular formula is C24H28FN3O4. The van der Waals surface area contributed by atoms with Crippen LogP contribution in [0.2, 0.25) is 0 Å². The SMILES string of the molecule is CCN(CC(=O)Nc1ccccc1OC)C(=O)C1CCN(C(=O)c2ccc(F)cc2)CC1. The van der Waals surface area contributed by atoms with E-state index in [0.717, 1.165) is 0 Å². The number of benzene rings is 2. The van der Waals surface area contributed by atoms with Crippen LogP contribution in [0.5, 0.6) is 5.75 Å². The number of likely N-dealkylation sites (N-methyl/N-ethyl adjacent to an activating group) is 1. The minimum Gasteiger partial charge on any atom is -0.495 e. The van der Waals surface area contributed by atoms with Crippen molar-refractivity contribution in [3.63, 3.8) is 0 Å². The number of ether oxygens (including phenoxy) is 1. The zero-order valence-corrected chi connectivity index (χ0v) is 18.3. The molecule has 0 aliphatic carbocycles. The molecule has 0 saturated carbocycles. The monoisotopic (exact) mass is 441 g/mol. The molecule has 3 rings (SSSR count). The maximum atomic E-state index is 13.1. The summed E-state index contributed by atoms with van der Waals surface area (Å²) in [5, 5.41) is 2.79. The third kappa shape index (κ3) is 5.63. The van der Waals surface area contributed by atoms with Crippen molar-refractivity contribution in [1.82, 2.24) is 9.80 Å². The Hall–Kier alpha value is -3.42. The van der Waals surface area contributed by atoms with E-state index in [9.17, 15) is 18.8 Å². The highest BCUT2D eigenvalue weighted by Crippen LogP contribution is 2.24. The third-order valence-electron chi connectivity index (χ3n) is 5.63. The molecule has 2 aromatic rings. The van der Waals surface area contributed by atoms with Crippen molar-refractivity contribution in [2.75, 3.05) is 38.6 Å². The van der Waals surface area contributed by atoms with Gasteiger partial charge in [-0.05, 0) is 56.2 Å². The van der Waals surface area contributed by atoms with Gasteiger partial charge in [0.25, 0.3) is 5.91 Å². The van der Waals surface area contributed by atoms with Gasteiger partial charge in [-0.15, -0.1) is 0 Å². The quantitative estimate of drug-likeness (QED) is 0.716. The van der Waals surface area contributed by atoms with Crippen molar-refractivity contribution < 1.29 is 23.5 Å². The van der Waals surface area contributed by atoms with Crippen LogP contribution in [0.25, 0.3) is 0 Å². The Kier molecular flexibility index (Phi) is 7.81. The molecule has 7 nitrogen and oxygen atoms in total. The molecule has 32 heavy (non-hydrogen) atoms. The van der Waals surface area contributed by atoms with E-state index in [1.807, 2.05) is 13.0 Å². The Balaban J connectivity index is 1.54. The molecule has 0 spiro atoms. The molecule has 0 aromatic heterocycles. The average molecular weight is 442 g/mol. The summed E-state index contributed by atoms with van der Waals surface area (Å²) in [4.78, 5) is 41.3. The Morgan fingerprint density at radius 1 is 1.09 bits per heavy atom. The van der Waals surface area contributed by atoms with Gasteiger partial charge in [0.15, 0.2) is 0 Å². The lowest BCUT2D eigenvalue weighted by Gasteiger charge is -2.34. The molecule has 1 fully saturated rings. The fraction of sp³-hybridized carbons (Fsp3) is 0.375. The summed E-state index contributed by atoms with van der Waals surface area (Å²) in [6.07, 6.45) is 1.05. The van der Waals surface area contributed by atoms with Crippen LogP contribution in [-0.2, 0) is 9.59 Å². The number of carbonyl (C=O) groups is 3. The van der Waals surface area contributed by atoms with Crippen LogP contribution in [0.15, 0.2) is 48.5 Å². The van der Waals surface area contributed by atoms with Gasteiger partial charge in [-0.1, -0.05) is 12.1 Å². The van der Waals surface area contributed by atoms with Crippen molar-refractivity contribution in [1.29, 1.82) is 0 Å². The van der Waals surface area contributed by atoms with E-state index in [2.05, 4.69) is 5.32 Å². The number of piperidine rings is 1. The molecule has 1 heterocycles. The Morgan fingerprint density at radius 3 is 2.38 bits per heavy atom. The standard InChI is InChI=1S/C24H28FN3O4/c1-3-27(16-22(29)26-20-6-4-5-7-21(20)32-2)23(30)18-12-14-28(15-13-18)24(31)17-8-10-19(25)11-9-17/h4-11,18H,3,12-16H2,1-2H3,(H,26,29). The summed E-state index contributed by atoms with van der Waals surface area (Å²) in [6, 6.07) is 12.5. The second-order valence-corrected chi connectivity index (χ2v) is 7.67. The summed E-state index contributed by atoms with van der Waals surface area (Å²) >= 11 is 0. The number of methoxy groups -OCH3 is 1. The Bertz CT molecular complexity index is 956. The van der Waals surface area contributed by atoms with Crippen LogP contribution >= 0.6 is 0 Å². The number of amides is 3. The first-order valence-electron chi connectivity index (χ1n) is 10.7. The zero-order chi connectivity index (χ0) is 23.1. The number of rotatable bonds is 7. The summed E-state index contributed by atoms with van der Waals surface area (Å²) in [5.41, 5.74) is 0.982. The van der Waals surface area contributed by atoms with Gasteiger partial charge in [-0.3, -0.25) is 14.4 Å². The van der Waals surface area contributed by atoms with Crippen molar-refractivity contribution in [3.05, 3.63) is 59.9 Å². The molecule has 0 bridgehead atoms. The molecule has 0 radical (unpaired) electrons. The number of nitrogens with zero attached hydrogens (tertiary/aromatic N) is 2. The molecule has 1 aliphatic rings. The van der Waals surface area contributed by atoms with Crippen LogP contribution in [0.1, 0.15) is 30.1 Å². The lowest BCUT2D eigenvalue weighted by atomic mass is 9.94. The van der Waals surface area contributed by atoms with Gasteiger partial charge in [0.2, 0.25) is 11.8 Å². The highest BCUT2D eigenvalue weighted by molar-refractivity contribution is 5.96. The number of para-hydroxylation sites is 2. The van der Waals surface area contributed by atoms with Gasteiger partial charge in [0.1, 0.15) is 11.6 Å². The maximum absolute atomic E-state index is 13.1. The Morgan fingerprint density at radius 2 is 1.75 bits per heavy atom. The van der Waals surface area contributed by atoms with Crippen LogP contribution in [0, 0.1) is 11.7 Å². The zero-order valence-electron chi connectivity index (χ0n) is 18.3. The maximum Gasteiger partial charge on any atom is 0.253 e. The molecule has 0 atom stereocenters. The minimum absolute atomic E-state index is 0.0535. The van der Waals surface area contributed by atoms with Gasteiger partial charge in [0, 0.05) is 31.1 Å². The molecule has 8 heteroatoms. The van der Waals surface area contributed by atoms with Gasteiger partial charge < -0.3 is 19.9 Å². The fourth-order valence-corrected chi connectivity index (χ4v) is 3.82. The predicted molar refractivity (Wildman–Crippen MR) is 119 cm³/mol. The van der Waals surface area contributed by atoms with E-state index in [0.29, 0.717) is 49.5 Å². The summed E-state index contributed by atoms with van der Waals surface area (Å²) in [5.74, 6) is -0.635. The first-order valence-corrected chi connectivity index (χ1v) is 10.7. The largest absolute Gasteiger partial charge is 0.495 e. The second kappa shape index (κ2) is 10.7. The summed E-state index contributed by atoms with van der Waals surface area (Å²) < 4.78 is 18.3. The van der Waals surface area contributed by atoms with E-state index in [-0.39, 0.29) is 36.0 Å². The smallest absolute Gasteiger partial charge is 0.253 e. The molecule has 3 amide bonds. The van der Waals surface area contributed by atoms with Crippen LogP contribution in [0.4, 0.5) is 10.1 Å². The second-order valence-electron chi connectivity index (χ2n) is 7.67. The molecule has 2 aromatic carbocycles. The topological polar surface area (TPSA) is 79.0 Å². The normalized spacial score (nSPS) is 14.0. The van der Waals surface area contributed by atoms with Crippen LogP contribution in [-0.4, -0.2) is 60.8 Å². The molecule has 1 N–H and O–H groups in total. The van der Waals surface area contributed by atoms with E-state index >= 15 is 0 Å². The minimum atomic E-state index is -0.389. The molecule has 1 aliphatic heterocycles. The lowest BCUT2D eigenvalue weighted by molar-refractivity contribution is -0.139. The average Bonchev–Trinajstić information content (AvgIpc) is 2.82. The van der Waals surface area contributed by atoms with Crippen molar-refractivity contribution in [2.24, 2.45) is 5.92 Å². The first kappa shape index (κ1) is 23.2. The summed E-state index contributed by atoms with van der Waals surface area (Å²) in [6.45, 7) is 3.08. The van der Waals surface area contributed by atoms with Crippen molar-refractivity contribution in [3.8, 4) is 5.75 Å². The fourth-order valence-electron chi connectivity index (χ4n) is 3.82. The number of carbonyl (C=O) groups excluding carboxylic acids is 3. The number of nitrogens with one attached hydrogen (secondary N) is 1. The summed E-state index contributed by atoms with van der Waals surface area (Å²) in [7, 11) is 1.53. The Labute approximate surface area is 187 Å². The lowest BCUT2D eigenvalue weighted by Crippen LogP contribution is -2.46. The number of anilines is 1. The van der Waals surface area contributed by atoms with Crippen LogP contribution in [0.3, 0.4) is 0 Å². The van der Waals surface area contributed by atoms with Crippen LogP contribution < -0.4 is 10.1 Å². The molecule has 170 valence electrons. The third-order valence-corrected chi connectivity index (χ3v) is 5.63. The molecular weight excluding hydrogens is 413 g/mol. The van der Waals surface area contributed by atoms with Gasteiger partial charge in [-0.25, -0.2) is 4.39 Å². The van der Waals surface area contributed by atoms with E-state index < -0.39 is 0 Å². The highest BCUT2D eigenvalue weighted by Gasteiger charge is 2.31. The number of hydrogen-bond donors (Lipinski definition) is 1. The van der Waals surface area contributed by atoms with Crippen molar-refractivity contribution in [2.45, 2.75) is 19.8 Å². The number of halogens is 1.